The average molecular weight is 295 g/mol. The second-order valence-corrected chi connectivity index (χ2v) is 4.46. The van der Waals surface area contributed by atoms with Crippen molar-refractivity contribution in [3.8, 4) is 0 Å². The van der Waals surface area contributed by atoms with Gasteiger partial charge in [0.25, 0.3) is 5.91 Å². The number of hydrogen-bond acceptors (Lipinski definition) is 4. The molecule has 0 aliphatic rings. The van der Waals surface area contributed by atoms with E-state index in [1.807, 2.05) is 0 Å². The molecule has 0 unspecified atom stereocenters. The van der Waals surface area contributed by atoms with Crippen LogP contribution in [0.2, 0.25) is 5.15 Å². The summed E-state index contributed by atoms with van der Waals surface area (Å²) in [5.41, 5.74) is 0.835. The van der Waals surface area contributed by atoms with Gasteiger partial charge in [-0.2, -0.15) is 0 Å². The van der Waals surface area contributed by atoms with Gasteiger partial charge in [-0.15, -0.1) is 0 Å². The molecule has 6 nitrogen and oxygen atoms in total. The lowest BCUT2D eigenvalue weighted by molar-refractivity contribution is -0.146. The summed E-state index contributed by atoms with van der Waals surface area (Å²) in [5.74, 6) is -1.92. The highest BCUT2D eigenvalue weighted by Crippen LogP contribution is 2.20. The van der Waals surface area contributed by atoms with Gasteiger partial charge in [0.15, 0.2) is 6.10 Å². The first-order valence-corrected chi connectivity index (χ1v) is 6.11. The molecule has 2 rings (SSSR count). The minimum Gasteiger partial charge on any atom is -0.479 e. The SMILES string of the molecule is O=C(NC[C@H](O)C(=O)O)c1cc(Cl)nc2ccccc12. The fraction of sp³-hybridized carbons (Fsp3) is 0.154. The number of carbonyl (C=O) groups is 2. The maximum atomic E-state index is 12.0. The molecular formula is C13H11ClN2O4. The van der Waals surface area contributed by atoms with Gasteiger partial charge >= 0.3 is 5.97 Å². The van der Waals surface area contributed by atoms with Crippen molar-refractivity contribution in [1.82, 2.24) is 10.3 Å². The number of para-hydroxylation sites is 1. The fourth-order valence-corrected chi connectivity index (χ4v) is 1.90. The number of aromatic nitrogens is 1. The van der Waals surface area contributed by atoms with Crippen molar-refractivity contribution >= 4 is 34.4 Å². The van der Waals surface area contributed by atoms with E-state index in [1.165, 1.54) is 6.07 Å². The molecule has 0 bridgehead atoms. The Morgan fingerprint density at radius 2 is 2.05 bits per heavy atom. The first-order valence-electron chi connectivity index (χ1n) is 5.73. The highest BCUT2D eigenvalue weighted by Gasteiger charge is 2.17. The molecule has 2 aromatic rings. The van der Waals surface area contributed by atoms with Crippen LogP contribution in [0, 0.1) is 0 Å². The van der Waals surface area contributed by atoms with Crippen LogP contribution in [0.5, 0.6) is 0 Å². The third-order valence-electron chi connectivity index (χ3n) is 2.67. The van der Waals surface area contributed by atoms with Crippen LogP contribution >= 0.6 is 11.6 Å². The molecule has 1 aromatic heterocycles. The van der Waals surface area contributed by atoms with Crippen molar-refractivity contribution in [1.29, 1.82) is 0 Å². The lowest BCUT2D eigenvalue weighted by atomic mass is 10.1. The van der Waals surface area contributed by atoms with E-state index < -0.39 is 18.0 Å². The Hall–Kier alpha value is -2.18. The molecule has 20 heavy (non-hydrogen) atoms. The van der Waals surface area contributed by atoms with E-state index >= 15 is 0 Å². The molecule has 1 aromatic carbocycles. The molecule has 0 aliphatic heterocycles. The molecular weight excluding hydrogens is 284 g/mol. The van der Waals surface area contributed by atoms with Crippen LogP contribution in [-0.4, -0.2) is 39.7 Å². The van der Waals surface area contributed by atoms with Crippen molar-refractivity contribution in [2.75, 3.05) is 6.54 Å². The summed E-state index contributed by atoms with van der Waals surface area (Å²) >= 11 is 5.85. The molecule has 0 saturated heterocycles. The van der Waals surface area contributed by atoms with Gasteiger partial charge in [-0.05, 0) is 12.1 Å². The summed E-state index contributed by atoms with van der Waals surface area (Å²) in [6.07, 6.45) is -1.65. The lowest BCUT2D eigenvalue weighted by Crippen LogP contribution is -2.36. The third kappa shape index (κ3) is 3.04. The maximum Gasteiger partial charge on any atom is 0.334 e. The van der Waals surface area contributed by atoms with Crippen molar-refractivity contribution in [2.24, 2.45) is 0 Å². The zero-order chi connectivity index (χ0) is 14.7. The molecule has 0 radical (unpaired) electrons. The van der Waals surface area contributed by atoms with Crippen LogP contribution in [0.3, 0.4) is 0 Å². The number of rotatable bonds is 4. The van der Waals surface area contributed by atoms with Crippen LogP contribution in [0.25, 0.3) is 10.9 Å². The number of benzene rings is 1. The summed E-state index contributed by atoms with van der Waals surface area (Å²) in [6, 6.07) is 8.33. The van der Waals surface area contributed by atoms with Gasteiger partial charge in [0.1, 0.15) is 5.15 Å². The number of fused-ring (bicyclic) bond motifs is 1. The molecule has 0 aliphatic carbocycles. The number of aliphatic carboxylic acids is 1. The molecule has 1 heterocycles. The van der Waals surface area contributed by atoms with E-state index in [-0.39, 0.29) is 17.3 Å². The minimum atomic E-state index is -1.65. The van der Waals surface area contributed by atoms with Crippen LogP contribution in [0.1, 0.15) is 10.4 Å². The Kier molecular flexibility index (Phi) is 4.16. The Balaban J connectivity index is 2.28. The maximum absolute atomic E-state index is 12.0. The van der Waals surface area contributed by atoms with E-state index in [0.29, 0.717) is 10.9 Å². The number of nitrogens with one attached hydrogen (secondary N) is 1. The first-order chi connectivity index (χ1) is 9.49. The van der Waals surface area contributed by atoms with Crippen molar-refractivity contribution in [2.45, 2.75) is 6.10 Å². The molecule has 104 valence electrons. The smallest absolute Gasteiger partial charge is 0.334 e. The lowest BCUT2D eigenvalue weighted by Gasteiger charge is -2.10. The van der Waals surface area contributed by atoms with E-state index in [9.17, 15) is 9.59 Å². The molecule has 0 spiro atoms. The zero-order valence-corrected chi connectivity index (χ0v) is 11.0. The van der Waals surface area contributed by atoms with E-state index in [4.69, 9.17) is 21.8 Å². The molecule has 7 heteroatoms. The Bertz CT molecular complexity index is 674. The van der Waals surface area contributed by atoms with E-state index in [0.717, 1.165) is 0 Å². The first kappa shape index (κ1) is 14.2. The second-order valence-electron chi connectivity index (χ2n) is 4.07. The molecule has 3 N–H and O–H groups in total. The summed E-state index contributed by atoms with van der Waals surface area (Å²) in [4.78, 5) is 26.6. The highest BCUT2D eigenvalue weighted by atomic mass is 35.5. The molecule has 1 amide bonds. The van der Waals surface area contributed by atoms with Crippen LogP contribution < -0.4 is 5.32 Å². The third-order valence-corrected chi connectivity index (χ3v) is 2.86. The number of nitrogens with zero attached hydrogens (tertiary/aromatic N) is 1. The quantitative estimate of drug-likeness (QED) is 0.732. The molecule has 0 saturated carbocycles. The number of carbonyl (C=O) groups excluding carboxylic acids is 1. The fourth-order valence-electron chi connectivity index (χ4n) is 1.70. The Morgan fingerprint density at radius 1 is 1.35 bits per heavy atom. The zero-order valence-electron chi connectivity index (χ0n) is 10.2. The highest BCUT2D eigenvalue weighted by molar-refractivity contribution is 6.30. The van der Waals surface area contributed by atoms with E-state index in [1.54, 1.807) is 24.3 Å². The minimum absolute atomic E-state index is 0.160. The van der Waals surface area contributed by atoms with Crippen molar-refractivity contribution < 1.29 is 19.8 Å². The number of carboxylic acids is 1. The second kappa shape index (κ2) is 5.85. The number of aliphatic hydroxyl groups is 1. The average Bonchev–Trinajstić information content (AvgIpc) is 2.43. The van der Waals surface area contributed by atoms with Crippen molar-refractivity contribution in [3.05, 3.63) is 41.0 Å². The number of carboxylic acid groups (broad SMARTS) is 1. The summed E-state index contributed by atoms with van der Waals surface area (Å²) in [7, 11) is 0. The van der Waals surface area contributed by atoms with Gasteiger partial charge in [-0.3, -0.25) is 4.79 Å². The summed E-state index contributed by atoms with van der Waals surface area (Å²) in [6.45, 7) is -0.386. The normalized spacial score (nSPS) is 12.1. The number of aliphatic hydroxyl groups excluding tert-OH is 1. The number of hydrogen-bond donors (Lipinski definition) is 3. The van der Waals surface area contributed by atoms with Gasteiger partial charge in [0, 0.05) is 5.39 Å². The number of amides is 1. The molecule has 0 fully saturated rings. The molecule has 1 atom stereocenters. The Labute approximate surface area is 119 Å². The largest absolute Gasteiger partial charge is 0.479 e. The van der Waals surface area contributed by atoms with Gasteiger partial charge in [-0.25, -0.2) is 9.78 Å². The van der Waals surface area contributed by atoms with Crippen LogP contribution in [-0.2, 0) is 4.79 Å². The van der Waals surface area contributed by atoms with Gasteiger partial charge in [-0.1, -0.05) is 29.8 Å². The van der Waals surface area contributed by atoms with Gasteiger partial charge < -0.3 is 15.5 Å². The summed E-state index contributed by atoms with van der Waals surface area (Å²) < 4.78 is 0. The predicted octanol–water partition coefficient (Wildman–Crippen LogP) is 1.06. The topological polar surface area (TPSA) is 99.5 Å². The number of pyridine rings is 1. The Morgan fingerprint density at radius 3 is 2.75 bits per heavy atom. The number of halogens is 1. The van der Waals surface area contributed by atoms with Gasteiger partial charge in [0.2, 0.25) is 0 Å². The van der Waals surface area contributed by atoms with E-state index in [2.05, 4.69) is 10.3 Å². The van der Waals surface area contributed by atoms with Gasteiger partial charge in [0.05, 0.1) is 17.6 Å². The van der Waals surface area contributed by atoms with Crippen LogP contribution in [0.15, 0.2) is 30.3 Å². The predicted molar refractivity (Wildman–Crippen MR) is 72.7 cm³/mol. The standard InChI is InChI=1S/C13H11ClN2O4/c14-11-5-8(7-3-1-2-4-9(7)16-11)12(18)15-6-10(17)13(19)20/h1-5,10,17H,6H2,(H,15,18)(H,19,20)/t10-/m0/s1. The monoisotopic (exact) mass is 294 g/mol. The summed E-state index contributed by atoms with van der Waals surface area (Å²) in [5, 5.41) is 20.8. The van der Waals surface area contributed by atoms with Crippen LogP contribution in [0.4, 0.5) is 0 Å². The van der Waals surface area contributed by atoms with Crippen molar-refractivity contribution in [3.63, 3.8) is 0 Å².